The van der Waals surface area contributed by atoms with Crippen molar-refractivity contribution in [2.45, 2.75) is 19.8 Å². The van der Waals surface area contributed by atoms with E-state index in [1.165, 1.54) is 0 Å². The molecule has 2 heterocycles. The zero-order valence-electron chi connectivity index (χ0n) is 12.5. The van der Waals surface area contributed by atoms with Crippen LogP contribution in [0.5, 0.6) is 0 Å². The molecule has 0 saturated heterocycles. The summed E-state index contributed by atoms with van der Waals surface area (Å²) in [7, 11) is 0. The molecule has 6 heteroatoms. The molecule has 5 N–H and O–H groups in total. The van der Waals surface area contributed by atoms with Crippen LogP contribution in [0.15, 0.2) is 29.2 Å². The molecular formula is C16H18N4O2. The van der Waals surface area contributed by atoms with Crippen molar-refractivity contribution in [1.82, 2.24) is 15.0 Å². The molecule has 0 fully saturated rings. The molecule has 0 aliphatic carbocycles. The highest BCUT2D eigenvalue weighted by Gasteiger charge is 2.20. The summed E-state index contributed by atoms with van der Waals surface area (Å²) in [6, 6.07) is 6.14. The van der Waals surface area contributed by atoms with Gasteiger partial charge in [-0.05, 0) is 19.4 Å². The molecule has 114 valence electrons. The Hall–Kier alpha value is -2.60. The predicted octanol–water partition coefficient (Wildman–Crippen LogP) is 1.57. The fraction of sp³-hybridized carbons (Fsp3) is 0.250. The van der Waals surface area contributed by atoms with E-state index in [9.17, 15) is 9.90 Å². The molecule has 0 amide bonds. The van der Waals surface area contributed by atoms with Crippen LogP contribution < -0.4 is 11.3 Å². The van der Waals surface area contributed by atoms with Gasteiger partial charge in [-0.2, -0.15) is 0 Å². The highest BCUT2D eigenvalue weighted by atomic mass is 16.3. The van der Waals surface area contributed by atoms with Crippen LogP contribution in [0.25, 0.3) is 11.0 Å². The van der Waals surface area contributed by atoms with Crippen molar-refractivity contribution in [3.8, 4) is 0 Å². The third kappa shape index (κ3) is 2.37. The van der Waals surface area contributed by atoms with Gasteiger partial charge in [0.05, 0.1) is 6.61 Å². The summed E-state index contributed by atoms with van der Waals surface area (Å²) in [5, 5.41) is 9.87. The number of fused-ring (bicyclic) bond motifs is 1. The second-order valence-corrected chi connectivity index (χ2v) is 5.57. The minimum Gasteiger partial charge on any atom is -0.395 e. The second kappa shape index (κ2) is 5.31. The summed E-state index contributed by atoms with van der Waals surface area (Å²) in [5.41, 5.74) is 10.2. The number of hydrogen-bond acceptors (Lipinski definition) is 4. The maximum absolute atomic E-state index is 11.9. The fourth-order valence-corrected chi connectivity index (χ4v) is 2.91. The highest BCUT2D eigenvalue weighted by molar-refractivity contribution is 5.80. The number of nitrogens with zero attached hydrogens (tertiary/aromatic N) is 1. The van der Waals surface area contributed by atoms with Crippen molar-refractivity contribution in [3.63, 3.8) is 0 Å². The number of nitrogens with one attached hydrogen (secondary N) is 2. The number of benzene rings is 1. The van der Waals surface area contributed by atoms with E-state index in [0.29, 0.717) is 11.0 Å². The monoisotopic (exact) mass is 298 g/mol. The van der Waals surface area contributed by atoms with Crippen LogP contribution in [-0.4, -0.2) is 26.7 Å². The van der Waals surface area contributed by atoms with Crippen LogP contribution in [0.4, 0.5) is 5.95 Å². The van der Waals surface area contributed by atoms with E-state index in [-0.39, 0.29) is 24.0 Å². The molecule has 0 aliphatic heterocycles. The molecule has 0 aliphatic rings. The summed E-state index contributed by atoms with van der Waals surface area (Å²) in [6.45, 7) is 3.95. The highest BCUT2D eigenvalue weighted by Crippen LogP contribution is 2.29. The summed E-state index contributed by atoms with van der Waals surface area (Å²) in [6.07, 6.45) is 1.71. The van der Waals surface area contributed by atoms with E-state index in [1.54, 1.807) is 6.20 Å². The van der Waals surface area contributed by atoms with Crippen molar-refractivity contribution >= 4 is 17.0 Å². The molecule has 22 heavy (non-hydrogen) atoms. The van der Waals surface area contributed by atoms with Crippen molar-refractivity contribution in [2.24, 2.45) is 0 Å². The topological polar surface area (TPSA) is 108 Å². The molecule has 1 unspecified atom stereocenters. The number of aromatic amines is 2. The maximum atomic E-state index is 11.9. The van der Waals surface area contributed by atoms with Crippen LogP contribution in [0.3, 0.4) is 0 Å². The van der Waals surface area contributed by atoms with E-state index in [1.807, 2.05) is 26.0 Å². The Balaban J connectivity index is 2.21. The van der Waals surface area contributed by atoms with Gasteiger partial charge in [0.1, 0.15) is 11.0 Å². The molecule has 3 rings (SSSR count). The number of H-pyrrole nitrogens is 2. The Morgan fingerprint density at radius 2 is 1.95 bits per heavy atom. The van der Waals surface area contributed by atoms with Crippen LogP contribution >= 0.6 is 0 Å². The lowest BCUT2D eigenvalue weighted by Gasteiger charge is -2.15. The lowest BCUT2D eigenvalue weighted by atomic mass is 9.91. The number of rotatable bonds is 3. The van der Waals surface area contributed by atoms with Crippen LogP contribution in [0, 0.1) is 13.8 Å². The van der Waals surface area contributed by atoms with E-state index < -0.39 is 0 Å². The average molecular weight is 298 g/mol. The molecule has 3 aromatic rings. The van der Waals surface area contributed by atoms with Gasteiger partial charge in [-0.1, -0.05) is 29.3 Å². The first kappa shape index (κ1) is 14.3. The van der Waals surface area contributed by atoms with Gasteiger partial charge < -0.3 is 15.8 Å². The molecule has 1 aromatic carbocycles. The maximum Gasteiger partial charge on any atom is 0.276 e. The van der Waals surface area contributed by atoms with Gasteiger partial charge in [0.25, 0.3) is 5.56 Å². The number of aryl methyl sites for hydroxylation is 2. The molecule has 0 spiro atoms. The first-order valence-electron chi connectivity index (χ1n) is 7.05. The van der Waals surface area contributed by atoms with Gasteiger partial charge in [0, 0.05) is 17.7 Å². The molecule has 0 radical (unpaired) electrons. The number of aliphatic hydroxyl groups is 1. The summed E-state index contributed by atoms with van der Waals surface area (Å²) < 4.78 is 0. The van der Waals surface area contributed by atoms with Crippen LogP contribution in [0.2, 0.25) is 0 Å². The van der Waals surface area contributed by atoms with Crippen molar-refractivity contribution < 1.29 is 5.11 Å². The quantitative estimate of drug-likeness (QED) is 0.588. The van der Waals surface area contributed by atoms with Gasteiger partial charge in [0.15, 0.2) is 0 Å². The molecule has 6 nitrogen and oxygen atoms in total. The summed E-state index contributed by atoms with van der Waals surface area (Å²) >= 11 is 0. The lowest BCUT2D eigenvalue weighted by molar-refractivity contribution is 0.281. The predicted molar refractivity (Wildman–Crippen MR) is 86.0 cm³/mol. The van der Waals surface area contributed by atoms with E-state index in [4.69, 9.17) is 5.73 Å². The Morgan fingerprint density at radius 3 is 2.59 bits per heavy atom. The van der Waals surface area contributed by atoms with Crippen LogP contribution in [-0.2, 0) is 0 Å². The third-order valence-electron chi connectivity index (χ3n) is 3.79. The molecule has 1 atom stereocenters. The largest absolute Gasteiger partial charge is 0.395 e. The molecule has 0 bridgehead atoms. The first-order chi connectivity index (χ1) is 10.5. The second-order valence-electron chi connectivity index (χ2n) is 5.57. The van der Waals surface area contributed by atoms with Gasteiger partial charge >= 0.3 is 0 Å². The SMILES string of the molecule is Cc1cc(C)cc(C(CO)c2c[nH]c3c(=O)[nH]c(N)nc23)c1. The van der Waals surface area contributed by atoms with Gasteiger partial charge in [-0.15, -0.1) is 0 Å². The number of aromatic nitrogens is 3. The van der Waals surface area contributed by atoms with Crippen molar-refractivity contribution in [2.75, 3.05) is 12.3 Å². The Labute approximate surface area is 127 Å². The van der Waals surface area contributed by atoms with Gasteiger partial charge in [-0.3, -0.25) is 9.78 Å². The number of anilines is 1. The number of nitrogens with two attached hydrogens (primary N) is 1. The van der Waals surface area contributed by atoms with Crippen LogP contribution in [0.1, 0.15) is 28.2 Å². The van der Waals surface area contributed by atoms with E-state index >= 15 is 0 Å². The molecule has 2 aromatic heterocycles. The Morgan fingerprint density at radius 1 is 1.27 bits per heavy atom. The third-order valence-corrected chi connectivity index (χ3v) is 3.79. The minimum atomic E-state index is -0.314. The van der Waals surface area contributed by atoms with E-state index in [2.05, 4.69) is 21.0 Å². The number of aliphatic hydroxyl groups excluding tert-OH is 1. The fourth-order valence-electron chi connectivity index (χ4n) is 2.91. The Kier molecular flexibility index (Phi) is 3.46. The Bertz CT molecular complexity index is 875. The molecular weight excluding hydrogens is 280 g/mol. The number of hydrogen-bond donors (Lipinski definition) is 4. The minimum absolute atomic E-state index is 0.0652. The first-order valence-corrected chi connectivity index (χ1v) is 7.05. The van der Waals surface area contributed by atoms with E-state index in [0.717, 1.165) is 22.3 Å². The average Bonchev–Trinajstić information content (AvgIpc) is 2.83. The zero-order valence-corrected chi connectivity index (χ0v) is 12.5. The standard InChI is InChI=1S/C16H18N4O2/c1-8-3-9(2)5-10(4-8)12(7-21)11-6-18-14-13(11)19-16(17)20-15(14)22/h3-6,12,18,21H,7H2,1-2H3,(H3,17,19,20,22). The van der Waals surface area contributed by atoms with Crippen molar-refractivity contribution in [3.05, 3.63) is 57.0 Å². The normalized spacial score (nSPS) is 12.7. The molecule has 0 saturated carbocycles. The summed E-state index contributed by atoms with van der Waals surface area (Å²) in [4.78, 5) is 21.5. The summed E-state index contributed by atoms with van der Waals surface area (Å²) in [5.74, 6) is -0.198. The number of nitrogen functional groups attached to an aromatic ring is 1. The van der Waals surface area contributed by atoms with Gasteiger partial charge in [-0.25, -0.2) is 4.98 Å². The lowest BCUT2D eigenvalue weighted by Crippen LogP contribution is -2.12. The smallest absolute Gasteiger partial charge is 0.276 e. The zero-order chi connectivity index (χ0) is 15.9. The van der Waals surface area contributed by atoms with Crippen molar-refractivity contribution in [1.29, 1.82) is 0 Å². The van der Waals surface area contributed by atoms with Gasteiger partial charge in [0.2, 0.25) is 5.95 Å².